The van der Waals surface area contributed by atoms with E-state index in [1.54, 1.807) is 16.9 Å². The van der Waals surface area contributed by atoms with Gasteiger partial charge < -0.3 is 9.19 Å². The van der Waals surface area contributed by atoms with Gasteiger partial charge in [0.1, 0.15) is 0 Å². The van der Waals surface area contributed by atoms with Crippen molar-refractivity contribution >= 4 is 46.5 Å². The molecule has 0 aromatic heterocycles. The number of thiocarbonyl (C=S) groups is 1. The van der Waals surface area contributed by atoms with Gasteiger partial charge >= 0.3 is 0 Å². The van der Waals surface area contributed by atoms with Gasteiger partial charge in [-0.1, -0.05) is 43.9 Å². The van der Waals surface area contributed by atoms with Crippen LogP contribution in [0, 0.1) is 0 Å². The van der Waals surface area contributed by atoms with Crippen molar-refractivity contribution in [1.82, 2.24) is 4.67 Å². The van der Waals surface area contributed by atoms with E-state index in [1.165, 1.54) is 12.8 Å². The zero-order valence-electron chi connectivity index (χ0n) is 9.80. The molecule has 0 bridgehead atoms. The Morgan fingerprint density at radius 3 is 2.53 bits per heavy atom. The van der Waals surface area contributed by atoms with Gasteiger partial charge in [0.25, 0.3) is 0 Å². The summed E-state index contributed by atoms with van der Waals surface area (Å²) in [5.74, 6) is 0. The average molecular weight is 285 g/mol. The van der Waals surface area contributed by atoms with Crippen molar-refractivity contribution in [3.63, 3.8) is 0 Å². The van der Waals surface area contributed by atoms with Crippen LogP contribution in [0.3, 0.4) is 0 Å². The highest BCUT2D eigenvalue weighted by Crippen LogP contribution is 2.63. The van der Waals surface area contributed by atoms with Gasteiger partial charge in [0.2, 0.25) is 5.62 Å². The van der Waals surface area contributed by atoms with Crippen LogP contribution in [0.1, 0.15) is 33.6 Å². The van der Waals surface area contributed by atoms with Crippen molar-refractivity contribution in [1.29, 1.82) is 0 Å². The average Bonchev–Trinajstić information content (AvgIpc) is 2.17. The van der Waals surface area contributed by atoms with Crippen molar-refractivity contribution in [3.05, 3.63) is 0 Å². The van der Waals surface area contributed by atoms with Gasteiger partial charge in [-0.25, -0.2) is 0 Å². The Labute approximate surface area is 108 Å². The minimum Gasteiger partial charge on any atom is -0.327 e. The van der Waals surface area contributed by atoms with E-state index in [1.807, 2.05) is 18.6 Å². The fraction of sp³-hybridized carbons (Fsp3) is 0.889. The third-order valence-electron chi connectivity index (χ3n) is 1.84. The second kappa shape index (κ2) is 8.02. The molecule has 2 unspecified atom stereocenters. The van der Waals surface area contributed by atoms with E-state index in [0.717, 1.165) is 0 Å². The van der Waals surface area contributed by atoms with Crippen molar-refractivity contribution in [2.24, 2.45) is 0 Å². The third-order valence-corrected chi connectivity index (χ3v) is 9.48. The molecule has 90 valence electrons. The van der Waals surface area contributed by atoms with E-state index >= 15 is 0 Å². The van der Waals surface area contributed by atoms with Crippen molar-refractivity contribution in [3.8, 4) is 0 Å². The van der Waals surface area contributed by atoms with Crippen molar-refractivity contribution < 1.29 is 4.52 Å². The van der Waals surface area contributed by atoms with Crippen LogP contribution in [0.4, 0.5) is 0 Å². The summed E-state index contributed by atoms with van der Waals surface area (Å²) in [4.78, 5) is 0. The highest BCUT2D eigenvalue weighted by atomic mass is 32.9. The maximum Gasteiger partial charge on any atom is 0.213 e. The molecule has 0 saturated carbocycles. The maximum atomic E-state index is 5.72. The molecule has 15 heavy (non-hydrogen) atoms. The predicted octanol–water partition coefficient (Wildman–Crippen LogP) is 4.06. The lowest BCUT2D eigenvalue weighted by atomic mass is 10.3. The molecule has 0 aromatic carbocycles. The van der Waals surface area contributed by atoms with E-state index in [2.05, 4.69) is 13.8 Å². The Balaban J connectivity index is 4.50. The molecule has 0 heterocycles. The van der Waals surface area contributed by atoms with Gasteiger partial charge in [0, 0.05) is 12.3 Å². The predicted molar refractivity (Wildman–Crippen MR) is 79.3 cm³/mol. The monoisotopic (exact) mass is 285 g/mol. The molecule has 0 saturated heterocycles. The molecule has 2 nitrogen and oxygen atoms in total. The summed E-state index contributed by atoms with van der Waals surface area (Å²) in [6.07, 6.45) is 2.35. The standard InChI is InChI=1S/C9H20NOPS3/c1-5-7-9(3)15-12(14,11-6-2)10(4)8-13/h8-9H,5-7H2,1-4H3. The fourth-order valence-electron chi connectivity index (χ4n) is 1.10. The maximum absolute atomic E-state index is 5.72. The van der Waals surface area contributed by atoms with Crippen LogP contribution < -0.4 is 0 Å². The molecule has 0 aromatic rings. The minimum absolute atomic E-state index is 0.532. The van der Waals surface area contributed by atoms with Gasteiger partial charge in [-0.05, 0) is 25.2 Å². The zero-order valence-corrected chi connectivity index (χ0v) is 13.1. The lowest BCUT2D eigenvalue weighted by molar-refractivity contribution is 0.369. The van der Waals surface area contributed by atoms with E-state index in [9.17, 15) is 0 Å². The summed E-state index contributed by atoms with van der Waals surface area (Å²) in [6.45, 7) is 7.01. The fourth-order valence-corrected chi connectivity index (χ4v) is 8.04. The van der Waals surface area contributed by atoms with Gasteiger partial charge in [-0.15, -0.1) is 0 Å². The second-order valence-electron chi connectivity index (χ2n) is 3.27. The number of hydrogen-bond acceptors (Lipinski definition) is 4. The van der Waals surface area contributed by atoms with Crippen molar-refractivity contribution in [2.45, 2.75) is 38.9 Å². The molecule has 0 N–H and O–H groups in total. The van der Waals surface area contributed by atoms with Crippen LogP contribution in [-0.4, -0.2) is 29.1 Å². The van der Waals surface area contributed by atoms with E-state index in [-0.39, 0.29) is 0 Å². The van der Waals surface area contributed by atoms with Crippen molar-refractivity contribution in [2.75, 3.05) is 13.7 Å². The molecular formula is C9H20NOPS3. The Bertz CT molecular complexity index is 237. The quantitative estimate of drug-likeness (QED) is 0.491. The van der Waals surface area contributed by atoms with E-state index in [0.29, 0.717) is 11.9 Å². The van der Waals surface area contributed by atoms with Crippen LogP contribution >= 0.6 is 29.2 Å². The van der Waals surface area contributed by atoms with Gasteiger partial charge in [-0.2, -0.15) is 0 Å². The number of nitrogens with zero attached hydrogens (tertiary/aromatic N) is 1. The van der Waals surface area contributed by atoms with E-state index in [4.69, 9.17) is 28.5 Å². The first kappa shape index (κ1) is 15.9. The lowest BCUT2D eigenvalue weighted by Crippen LogP contribution is -2.13. The van der Waals surface area contributed by atoms with Crippen LogP contribution in [0.5, 0.6) is 0 Å². The summed E-state index contributed by atoms with van der Waals surface area (Å²) < 4.78 is 7.60. The highest BCUT2D eigenvalue weighted by Gasteiger charge is 2.24. The molecule has 0 aliphatic heterocycles. The lowest BCUT2D eigenvalue weighted by Gasteiger charge is -2.30. The van der Waals surface area contributed by atoms with Crippen LogP contribution in [0.2, 0.25) is 0 Å². The minimum atomic E-state index is -1.97. The van der Waals surface area contributed by atoms with Gasteiger partial charge in [0.15, 0.2) is 0 Å². The molecule has 6 heteroatoms. The van der Waals surface area contributed by atoms with E-state index < -0.39 is 5.62 Å². The van der Waals surface area contributed by atoms with Crippen LogP contribution in [0.25, 0.3) is 0 Å². The molecule has 2 atom stereocenters. The first-order valence-electron chi connectivity index (χ1n) is 5.11. The summed E-state index contributed by atoms with van der Waals surface area (Å²) in [7, 11) is 1.91. The second-order valence-corrected chi connectivity index (χ2v) is 10.6. The normalized spacial score (nSPS) is 16.8. The summed E-state index contributed by atoms with van der Waals surface area (Å²) in [5, 5.41) is 0.532. The molecule has 0 aliphatic carbocycles. The zero-order chi connectivity index (χ0) is 11.9. The smallest absolute Gasteiger partial charge is 0.213 e. The summed E-state index contributed by atoms with van der Waals surface area (Å²) in [5.41, 5.74) is -0.373. The highest BCUT2D eigenvalue weighted by molar-refractivity contribution is 8.69. The number of hydrogen-bond donors (Lipinski definition) is 0. The van der Waals surface area contributed by atoms with Gasteiger partial charge in [0.05, 0.1) is 12.1 Å². The molecule has 0 amide bonds. The SMILES string of the molecule is CCCC(C)SP(=S)(OCC)N(C)C=S. The third kappa shape index (κ3) is 5.64. The largest absolute Gasteiger partial charge is 0.327 e. The molecule has 0 radical (unpaired) electrons. The van der Waals surface area contributed by atoms with Gasteiger partial charge in [-0.3, -0.25) is 0 Å². The first-order chi connectivity index (χ1) is 7.00. The van der Waals surface area contributed by atoms with Crippen LogP contribution in [0.15, 0.2) is 0 Å². The Kier molecular flexibility index (Phi) is 8.47. The Hall–Kier alpha value is 0.850. The summed E-state index contributed by atoms with van der Waals surface area (Å²) >= 11 is 12.3. The Morgan fingerprint density at radius 1 is 1.53 bits per heavy atom. The molecule has 0 rings (SSSR count). The molecule has 0 spiro atoms. The van der Waals surface area contributed by atoms with Crippen LogP contribution in [-0.2, 0) is 16.3 Å². The molecule has 0 fully saturated rings. The number of rotatable bonds is 8. The molecular weight excluding hydrogens is 265 g/mol. The summed E-state index contributed by atoms with van der Waals surface area (Å²) in [6, 6.07) is 0. The first-order valence-corrected chi connectivity index (χ1v) is 9.74. The topological polar surface area (TPSA) is 12.5 Å². The molecule has 0 aliphatic rings. The Morgan fingerprint density at radius 2 is 2.13 bits per heavy atom.